The molecule has 10 rings (SSSR count). The van der Waals surface area contributed by atoms with Crippen LogP contribution in [0.4, 0.5) is 0 Å². The average Bonchev–Trinajstić information content (AvgIpc) is 3.59. The van der Waals surface area contributed by atoms with Gasteiger partial charge in [-0.05, 0) is 80.8 Å². The summed E-state index contributed by atoms with van der Waals surface area (Å²) in [6.07, 6.45) is 0. The van der Waals surface area contributed by atoms with Crippen LogP contribution in [-0.2, 0) is 0 Å². The first-order valence-electron chi connectivity index (χ1n) is 15.2. The van der Waals surface area contributed by atoms with Gasteiger partial charge in [0.15, 0.2) is 0 Å². The zero-order valence-corrected chi connectivity index (χ0v) is 23.9. The van der Waals surface area contributed by atoms with Crippen LogP contribution in [0.15, 0.2) is 158 Å². The highest BCUT2D eigenvalue weighted by Gasteiger charge is 2.20. The molecule has 2 heterocycles. The molecule has 10 aromatic rings. The highest BCUT2D eigenvalue weighted by atomic mass is 15.0. The second-order valence-corrected chi connectivity index (χ2v) is 11.8. The summed E-state index contributed by atoms with van der Waals surface area (Å²) >= 11 is 0. The molecule has 204 valence electrons. The molecule has 8 aromatic carbocycles. The molecule has 0 bridgehead atoms. The molecule has 0 saturated carbocycles. The first kappa shape index (κ1) is 23.7. The van der Waals surface area contributed by atoms with E-state index in [0.29, 0.717) is 0 Å². The van der Waals surface area contributed by atoms with Crippen LogP contribution < -0.4 is 0 Å². The molecule has 0 aliphatic heterocycles. The van der Waals surface area contributed by atoms with Gasteiger partial charge >= 0.3 is 0 Å². The maximum absolute atomic E-state index is 2.45. The molecule has 0 fully saturated rings. The van der Waals surface area contributed by atoms with Gasteiger partial charge < -0.3 is 9.13 Å². The normalized spacial score (nSPS) is 12.1. The molecule has 0 radical (unpaired) electrons. The minimum absolute atomic E-state index is 1.17. The molecule has 0 atom stereocenters. The van der Waals surface area contributed by atoms with Crippen LogP contribution >= 0.6 is 0 Å². The predicted octanol–water partition coefficient (Wildman–Crippen LogP) is 11.3. The zero-order valence-electron chi connectivity index (χ0n) is 23.9. The Morgan fingerprint density at radius 1 is 0.273 bits per heavy atom. The molecule has 2 aromatic heterocycles. The van der Waals surface area contributed by atoms with E-state index in [1.807, 2.05) is 0 Å². The molecule has 0 aliphatic rings. The number of para-hydroxylation sites is 2. The van der Waals surface area contributed by atoms with Crippen molar-refractivity contribution in [2.24, 2.45) is 0 Å². The van der Waals surface area contributed by atoms with Crippen LogP contribution in [0.3, 0.4) is 0 Å². The maximum Gasteiger partial charge on any atom is 0.0562 e. The minimum Gasteiger partial charge on any atom is -0.309 e. The Morgan fingerprint density at radius 2 is 0.886 bits per heavy atom. The van der Waals surface area contributed by atoms with Crippen LogP contribution in [0.25, 0.3) is 87.3 Å². The Morgan fingerprint density at radius 3 is 1.75 bits per heavy atom. The van der Waals surface area contributed by atoms with Gasteiger partial charge in [0.25, 0.3) is 0 Å². The van der Waals surface area contributed by atoms with E-state index in [4.69, 9.17) is 0 Å². The van der Waals surface area contributed by atoms with E-state index < -0.39 is 0 Å². The monoisotopic (exact) mass is 558 g/mol. The molecule has 0 amide bonds. The average molecular weight is 559 g/mol. The predicted molar refractivity (Wildman–Crippen MR) is 188 cm³/mol. The van der Waals surface area contributed by atoms with Gasteiger partial charge in [-0.3, -0.25) is 0 Å². The Kier molecular flexibility index (Phi) is 4.75. The Bertz CT molecular complexity index is 2760. The van der Waals surface area contributed by atoms with E-state index in [1.165, 1.54) is 87.3 Å². The lowest BCUT2D eigenvalue weighted by molar-refractivity contribution is 1.17. The van der Waals surface area contributed by atoms with E-state index in [2.05, 4.69) is 167 Å². The largest absolute Gasteiger partial charge is 0.309 e. The molecular weight excluding hydrogens is 532 g/mol. The van der Waals surface area contributed by atoms with E-state index >= 15 is 0 Å². The van der Waals surface area contributed by atoms with Gasteiger partial charge in [-0.25, -0.2) is 0 Å². The number of benzene rings is 8. The number of hydrogen-bond donors (Lipinski definition) is 0. The lowest BCUT2D eigenvalue weighted by Gasteiger charge is -2.12. The Hall–Kier alpha value is -5.86. The summed E-state index contributed by atoms with van der Waals surface area (Å²) in [6, 6.07) is 57.8. The van der Waals surface area contributed by atoms with Crippen molar-refractivity contribution in [2.75, 3.05) is 0 Å². The van der Waals surface area contributed by atoms with E-state index in [9.17, 15) is 0 Å². The van der Waals surface area contributed by atoms with Crippen molar-refractivity contribution in [3.63, 3.8) is 0 Å². The highest BCUT2D eigenvalue weighted by Crippen LogP contribution is 2.42. The highest BCUT2D eigenvalue weighted by molar-refractivity contribution is 6.25. The van der Waals surface area contributed by atoms with Crippen molar-refractivity contribution in [3.8, 4) is 11.4 Å². The number of hydrogen-bond acceptors (Lipinski definition) is 0. The number of nitrogens with zero attached hydrogens (tertiary/aromatic N) is 2. The molecule has 0 aliphatic carbocycles. The first-order valence-corrected chi connectivity index (χ1v) is 15.2. The summed E-state index contributed by atoms with van der Waals surface area (Å²) in [5.41, 5.74) is 7.21. The summed E-state index contributed by atoms with van der Waals surface area (Å²) in [5, 5.41) is 12.8. The molecule has 44 heavy (non-hydrogen) atoms. The van der Waals surface area contributed by atoms with Gasteiger partial charge in [-0.15, -0.1) is 0 Å². The fourth-order valence-corrected chi connectivity index (χ4v) is 7.52. The van der Waals surface area contributed by atoms with Crippen molar-refractivity contribution < 1.29 is 0 Å². The molecular formula is C42H26N2. The van der Waals surface area contributed by atoms with Gasteiger partial charge in [-0.1, -0.05) is 109 Å². The molecule has 0 saturated heterocycles. The second kappa shape index (κ2) is 8.82. The zero-order chi connectivity index (χ0) is 28.8. The maximum atomic E-state index is 2.45. The van der Waals surface area contributed by atoms with Crippen molar-refractivity contribution in [1.29, 1.82) is 0 Å². The third-order valence-corrected chi connectivity index (χ3v) is 9.45. The van der Waals surface area contributed by atoms with Crippen molar-refractivity contribution in [1.82, 2.24) is 9.13 Å². The van der Waals surface area contributed by atoms with Gasteiger partial charge in [0.1, 0.15) is 0 Å². The summed E-state index contributed by atoms with van der Waals surface area (Å²) in [5.74, 6) is 0. The van der Waals surface area contributed by atoms with Gasteiger partial charge in [-0.2, -0.15) is 0 Å². The minimum atomic E-state index is 1.17. The molecule has 2 nitrogen and oxygen atoms in total. The van der Waals surface area contributed by atoms with Crippen LogP contribution in [-0.4, -0.2) is 9.13 Å². The van der Waals surface area contributed by atoms with Crippen LogP contribution in [0.1, 0.15) is 0 Å². The number of aromatic nitrogens is 2. The molecule has 0 spiro atoms. The van der Waals surface area contributed by atoms with E-state index in [0.717, 1.165) is 0 Å². The van der Waals surface area contributed by atoms with Gasteiger partial charge in [0.2, 0.25) is 0 Å². The standard InChI is InChI=1S/C42H26N2/c1-2-12-30(13-3-1)43-39-23-20-28-11-5-7-15-34(28)42(39)37-25-36-35-16-8-9-17-38(35)44(40(36)26-41(37)43)31-21-22-33-29(24-31)19-18-27-10-4-6-14-32(27)33/h1-26H. The smallest absolute Gasteiger partial charge is 0.0562 e. The molecule has 0 N–H and O–H groups in total. The van der Waals surface area contributed by atoms with Gasteiger partial charge in [0.05, 0.1) is 22.1 Å². The lowest BCUT2D eigenvalue weighted by atomic mass is 10.0. The van der Waals surface area contributed by atoms with Crippen molar-refractivity contribution >= 4 is 75.9 Å². The molecule has 2 heteroatoms. The van der Waals surface area contributed by atoms with E-state index in [1.54, 1.807) is 0 Å². The van der Waals surface area contributed by atoms with Crippen LogP contribution in [0.2, 0.25) is 0 Å². The third kappa shape index (κ3) is 3.20. The summed E-state index contributed by atoms with van der Waals surface area (Å²) in [7, 11) is 0. The first-order chi connectivity index (χ1) is 21.8. The summed E-state index contributed by atoms with van der Waals surface area (Å²) in [6.45, 7) is 0. The lowest BCUT2D eigenvalue weighted by Crippen LogP contribution is -1.96. The van der Waals surface area contributed by atoms with Crippen molar-refractivity contribution in [3.05, 3.63) is 158 Å². The van der Waals surface area contributed by atoms with Crippen molar-refractivity contribution in [2.45, 2.75) is 0 Å². The third-order valence-electron chi connectivity index (χ3n) is 9.45. The number of fused-ring (bicyclic) bond motifs is 11. The van der Waals surface area contributed by atoms with Crippen LogP contribution in [0, 0.1) is 0 Å². The summed E-state index contributed by atoms with van der Waals surface area (Å²) in [4.78, 5) is 0. The molecule has 0 unspecified atom stereocenters. The fourth-order valence-electron chi connectivity index (χ4n) is 7.52. The van der Waals surface area contributed by atoms with Crippen LogP contribution in [0.5, 0.6) is 0 Å². The number of rotatable bonds is 2. The Balaban J connectivity index is 1.36. The fraction of sp³-hybridized carbons (Fsp3) is 0. The quantitative estimate of drug-likeness (QED) is 0.187. The SMILES string of the molecule is c1ccc(-n2c3cc4c(cc3c3c5ccccc5ccc32)c2ccccc2n4-c2ccc3c(ccc4ccccc43)c2)cc1. The topological polar surface area (TPSA) is 9.86 Å². The Labute approximate surface area is 253 Å². The second-order valence-electron chi connectivity index (χ2n) is 11.8. The summed E-state index contributed by atoms with van der Waals surface area (Å²) < 4.78 is 4.88. The van der Waals surface area contributed by atoms with E-state index in [-0.39, 0.29) is 0 Å². The van der Waals surface area contributed by atoms with Gasteiger partial charge in [0, 0.05) is 32.9 Å².